The van der Waals surface area contributed by atoms with Gasteiger partial charge in [0.05, 0.1) is 27.5 Å². The van der Waals surface area contributed by atoms with Gasteiger partial charge in [-0.2, -0.15) is 0 Å². The highest BCUT2D eigenvalue weighted by atomic mass is 79.9. The van der Waals surface area contributed by atoms with Gasteiger partial charge in [0.25, 0.3) is 0 Å². The van der Waals surface area contributed by atoms with Crippen LogP contribution < -0.4 is 0 Å². The molecule has 0 bridgehead atoms. The van der Waals surface area contributed by atoms with E-state index in [1.54, 1.807) is 11.3 Å². The van der Waals surface area contributed by atoms with E-state index in [2.05, 4.69) is 20.9 Å². The molecule has 1 aromatic carbocycles. The number of hydrogen-bond donors (Lipinski definition) is 0. The fraction of sp³-hybridized carbons (Fsp3) is 0.222. The number of nitrogens with zero attached hydrogens (tertiary/aromatic N) is 2. The maximum Gasteiger partial charge on any atom is 0.228 e. The Morgan fingerprint density at radius 3 is 2.76 bits per heavy atom. The van der Waals surface area contributed by atoms with E-state index in [0.717, 1.165) is 24.9 Å². The van der Waals surface area contributed by atoms with E-state index in [9.17, 15) is 4.79 Å². The van der Waals surface area contributed by atoms with Crippen LogP contribution in [-0.2, 0) is 17.8 Å². The van der Waals surface area contributed by atoms with Gasteiger partial charge in [-0.15, -0.1) is 22.7 Å². The minimum absolute atomic E-state index is 0.0861. The summed E-state index contributed by atoms with van der Waals surface area (Å²) in [5, 5.41) is 3.46. The number of thiazole rings is 1. The summed E-state index contributed by atoms with van der Waals surface area (Å²) in [6, 6.07) is 11.7. The SMILES string of the molecule is CCN(Cc1ccc(Br)s1)C(=O)Cc1csc(-c2ccccc2Cl)n1. The Hall–Kier alpha value is -1.21. The second-order valence-corrected chi connectivity index (χ2v) is 9.23. The van der Waals surface area contributed by atoms with E-state index in [1.807, 2.05) is 53.6 Å². The van der Waals surface area contributed by atoms with Crippen LogP contribution in [0.25, 0.3) is 10.6 Å². The Bertz CT molecular complexity index is 877. The van der Waals surface area contributed by atoms with Gasteiger partial charge in [-0.3, -0.25) is 4.79 Å². The van der Waals surface area contributed by atoms with Crippen LogP contribution in [0.4, 0.5) is 0 Å². The molecule has 3 rings (SSSR count). The third-order valence-electron chi connectivity index (χ3n) is 3.70. The summed E-state index contributed by atoms with van der Waals surface area (Å²) in [5.41, 5.74) is 1.69. The molecule has 0 fully saturated rings. The second kappa shape index (κ2) is 8.45. The minimum Gasteiger partial charge on any atom is -0.337 e. The zero-order valence-corrected chi connectivity index (χ0v) is 17.5. The smallest absolute Gasteiger partial charge is 0.228 e. The molecular weight excluding hydrogens is 440 g/mol. The summed E-state index contributed by atoms with van der Waals surface area (Å²) in [5.74, 6) is 0.0861. The van der Waals surface area contributed by atoms with Crippen LogP contribution in [0.15, 0.2) is 45.6 Å². The molecule has 130 valence electrons. The third-order valence-corrected chi connectivity index (χ3v) is 6.56. The molecule has 0 aliphatic carbocycles. The van der Waals surface area contributed by atoms with Gasteiger partial charge in [0.15, 0.2) is 0 Å². The number of hydrogen-bond acceptors (Lipinski definition) is 4. The summed E-state index contributed by atoms with van der Waals surface area (Å²) in [6.45, 7) is 3.31. The van der Waals surface area contributed by atoms with Crippen molar-refractivity contribution >= 4 is 56.1 Å². The van der Waals surface area contributed by atoms with Crippen LogP contribution in [0.1, 0.15) is 17.5 Å². The van der Waals surface area contributed by atoms with Gasteiger partial charge in [0.2, 0.25) is 5.91 Å². The third kappa shape index (κ3) is 4.70. The van der Waals surface area contributed by atoms with Crippen LogP contribution in [0.2, 0.25) is 5.02 Å². The largest absolute Gasteiger partial charge is 0.337 e. The lowest BCUT2D eigenvalue weighted by molar-refractivity contribution is -0.130. The molecule has 0 radical (unpaired) electrons. The molecule has 3 nitrogen and oxygen atoms in total. The highest BCUT2D eigenvalue weighted by Crippen LogP contribution is 2.30. The van der Waals surface area contributed by atoms with Crippen molar-refractivity contribution in [1.29, 1.82) is 0 Å². The Kier molecular flexibility index (Phi) is 6.28. The maximum atomic E-state index is 12.6. The van der Waals surface area contributed by atoms with E-state index in [1.165, 1.54) is 11.3 Å². The van der Waals surface area contributed by atoms with Crippen molar-refractivity contribution in [3.63, 3.8) is 0 Å². The Morgan fingerprint density at radius 1 is 1.28 bits per heavy atom. The normalized spacial score (nSPS) is 10.8. The number of rotatable bonds is 6. The van der Waals surface area contributed by atoms with Gasteiger partial charge in [0.1, 0.15) is 5.01 Å². The number of likely N-dealkylation sites (N-methyl/N-ethyl adjacent to an activating group) is 1. The van der Waals surface area contributed by atoms with Crippen molar-refractivity contribution in [2.24, 2.45) is 0 Å². The number of halogens is 2. The van der Waals surface area contributed by atoms with Gasteiger partial charge in [-0.05, 0) is 41.1 Å². The van der Waals surface area contributed by atoms with Gasteiger partial charge in [-0.1, -0.05) is 29.8 Å². The molecule has 7 heteroatoms. The number of amides is 1. The first-order chi connectivity index (χ1) is 12.1. The van der Waals surface area contributed by atoms with Crippen LogP contribution in [0, 0.1) is 0 Å². The Labute approximate surface area is 168 Å². The zero-order valence-electron chi connectivity index (χ0n) is 13.5. The first-order valence-electron chi connectivity index (χ1n) is 7.78. The molecule has 3 aromatic rings. The minimum atomic E-state index is 0.0861. The Morgan fingerprint density at radius 2 is 2.08 bits per heavy atom. The molecule has 0 unspecified atom stereocenters. The lowest BCUT2D eigenvalue weighted by Crippen LogP contribution is -2.31. The highest BCUT2D eigenvalue weighted by molar-refractivity contribution is 9.11. The van der Waals surface area contributed by atoms with Gasteiger partial charge >= 0.3 is 0 Å². The van der Waals surface area contributed by atoms with Crippen LogP contribution in [0.3, 0.4) is 0 Å². The highest BCUT2D eigenvalue weighted by Gasteiger charge is 2.16. The molecular formula is C18H16BrClN2OS2. The van der Waals surface area contributed by atoms with E-state index in [4.69, 9.17) is 11.6 Å². The Balaban J connectivity index is 1.69. The number of benzene rings is 1. The molecule has 25 heavy (non-hydrogen) atoms. The van der Waals surface area contributed by atoms with E-state index >= 15 is 0 Å². The average Bonchev–Trinajstić information content (AvgIpc) is 3.22. The number of carbonyl (C=O) groups is 1. The zero-order chi connectivity index (χ0) is 17.8. The van der Waals surface area contributed by atoms with E-state index in [-0.39, 0.29) is 5.91 Å². The summed E-state index contributed by atoms with van der Waals surface area (Å²) < 4.78 is 1.08. The molecule has 2 aromatic heterocycles. The van der Waals surface area contributed by atoms with Crippen LogP contribution in [-0.4, -0.2) is 22.3 Å². The molecule has 0 atom stereocenters. The van der Waals surface area contributed by atoms with Crippen LogP contribution in [0.5, 0.6) is 0 Å². The molecule has 0 spiro atoms. The molecule has 0 aliphatic rings. The topological polar surface area (TPSA) is 33.2 Å². The average molecular weight is 456 g/mol. The number of thiophene rings is 1. The molecule has 0 saturated heterocycles. The first-order valence-corrected chi connectivity index (χ1v) is 10.6. The van der Waals surface area contributed by atoms with Crippen molar-refractivity contribution in [2.75, 3.05) is 6.54 Å². The van der Waals surface area contributed by atoms with Crippen molar-refractivity contribution < 1.29 is 4.79 Å². The summed E-state index contributed by atoms with van der Waals surface area (Å²) in [4.78, 5) is 20.2. The molecule has 0 N–H and O–H groups in total. The van der Waals surface area contributed by atoms with Gasteiger partial charge in [0, 0.05) is 22.4 Å². The van der Waals surface area contributed by atoms with Crippen molar-refractivity contribution in [3.8, 4) is 10.6 Å². The summed E-state index contributed by atoms with van der Waals surface area (Å²) >= 11 is 12.9. The molecule has 0 aliphatic heterocycles. The lowest BCUT2D eigenvalue weighted by Gasteiger charge is -2.19. The summed E-state index contributed by atoms with van der Waals surface area (Å²) in [6.07, 6.45) is 0.307. The monoisotopic (exact) mass is 454 g/mol. The van der Waals surface area contributed by atoms with Crippen molar-refractivity contribution in [3.05, 3.63) is 61.2 Å². The number of aromatic nitrogens is 1. The van der Waals surface area contributed by atoms with Crippen molar-refractivity contribution in [1.82, 2.24) is 9.88 Å². The standard InChI is InChI=1S/C18H16BrClN2OS2/c1-2-22(10-13-7-8-16(19)25-13)17(23)9-12-11-24-18(21-12)14-5-3-4-6-15(14)20/h3-8,11H,2,9-10H2,1H3. The van der Waals surface area contributed by atoms with Gasteiger partial charge < -0.3 is 4.90 Å². The maximum absolute atomic E-state index is 12.6. The molecule has 1 amide bonds. The van der Waals surface area contributed by atoms with Crippen LogP contribution >= 0.6 is 50.2 Å². The fourth-order valence-electron chi connectivity index (χ4n) is 2.41. The predicted octanol–water partition coefficient (Wildman–Crippen LogP) is 5.88. The molecule has 2 heterocycles. The second-order valence-electron chi connectivity index (χ2n) is 5.41. The molecule has 0 saturated carbocycles. The van der Waals surface area contributed by atoms with E-state index < -0.39 is 0 Å². The van der Waals surface area contributed by atoms with Crippen molar-refractivity contribution in [2.45, 2.75) is 19.9 Å². The lowest BCUT2D eigenvalue weighted by atomic mass is 10.2. The predicted molar refractivity (Wildman–Crippen MR) is 109 cm³/mol. The summed E-state index contributed by atoms with van der Waals surface area (Å²) in [7, 11) is 0. The van der Waals surface area contributed by atoms with Gasteiger partial charge in [-0.25, -0.2) is 4.98 Å². The van der Waals surface area contributed by atoms with E-state index in [0.29, 0.717) is 24.5 Å². The quantitative estimate of drug-likeness (QED) is 0.465. The number of carbonyl (C=O) groups excluding carboxylic acids is 1. The first kappa shape index (κ1) is 18.6. The fourth-order valence-corrected chi connectivity index (χ4v) is 5.05.